The number of hydrogen-bond acceptors (Lipinski definition) is 3. The summed E-state index contributed by atoms with van der Waals surface area (Å²) >= 11 is 0. The van der Waals surface area contributed by atoms with E-state index in [0.717, 1.165) is 11.3 Å². The highest BCUT2D eigenvalue weighted by atomic mass is 19.1. The highest BCUT2D eigenvalue weighted by Crippen LogP contribution is 2.44. The third kappa shape index (κ3) is 2.71. The molecule has 134 valence electrons. The molecule has 2 heterocycles. The van der Waals surface area contributed by atoms with Crippen molar-refractivity contribution in [3.63, 3.8) is 0 Å². The van der Waals surface area contributed by atoms with Crippen molar-refractivity contribution in [2.75, 3.05) is 25.0 Å². The fourth-order valence-electron chi connectivity index (χ4n) is 3.80. The molecule has 2 amide bonds. The van der Waals surface area contributed by atoms with Crippen LogP contribution in [0.2, 0.25) is 0 Å². The number of carbonyl (C=O) groups is 2. The van der Waals surface area contributed by atoms with Crippen molar-refractivity contribution in [1.29, 1.82) is 0 Å². The highest BCUT2D eigenvalue weighted by molar-refractivity contribution is 6.06. The number of nitrogens with zero attached hydrogens (tertiary/aromatic N) is 1. The van der Waals surface area contributed by atoms with Crippen LogP contribution >= 0.6 is 0 Å². The van der Waals surface area contributed by atoms with Gasteiger partial charge < -0.3 is 15.0 Å². The lowest BCUT2D eigenvalue weighted by Crippen LogP contribution is -2.49. The molecule has 1 N–H and O–H groups in total. The van der Waals surface area contributed by atoms with Gasteiger partial charge in [-0.3, -0.25) is 9.59 Å². The van der Waals surface area contributed by atoms with E-state index in [1.807, 2.05) is 24.3 Å². The number of likely N-dealkylation sites (tertiary alicyclic amines) is 1. The lowest BCUT2D eigenvalue weighted by molar-refractivity contribution is -0.137. The Balaban J connectivity index is 1.40. The minimum absolute atomic E-state index is 0.00778. The third-order valence-corrected chi connectivity index (χ3v) is 5.28. The normalized spacial score (nSPS) is 17.7. The summed E-state index contributed by atoms with van der Waals surface area (Å²) in [6.45, 7) is 0.735. The summed E-state index contributed by atoms with van der Waals surface area (Å²) in [7, 11) is 0. The quantitative estimate of drug-likeness (QED) is 0.922. The molecule has 1 fully saturated rings. The van der Waals surface area contributed by atoms with Crippen LogP contribution in [0.3, 0.4) is 0 Å². The van der Waals surface area contributed by atoms with Gasteiger partial charge in [0.2, 0.25) is 5.91 Å². The lowest BCUT2D eigenvalue weighted by Gasteiger charge is -2.37. The molecule has 0 aromatic heterocycles. The van der Waals surface area contributed by atoms with Crippen molar-refractivity contribution in [2.45, 2.75) is 18.3 Å². The summed E-state index contributed by atoms with van der Waals surface area (Å²) in [5.74, 6) is -0.612. The van der Waals surface area contributed by atoms with Gasteiger partial charge in [0.15, 0.2) is 18.2 Å². The predicted octanol–water partition coefficient (Wildman–Crippen LogP) is 2.72. The first-order chi connectivity index (χ1) is 12.6. The fraction of sp³-hybridized carbons (Fsp3) is 0.300. The Morgan fingerprint density at radius 3 is 2.58 bits per heavy atom. The molecule has 1 spiro atoms. The molecule has 5 nitrogen and oxygen atoms in total. The molecule has 0 unspecified atom stereocenters. The van der Waals surface area contributed by atoms with Crippen LogP contribution in [0.5, 0.6) is 5.75 Å². The van der Waals surface area contributed by atoms with Crippen molar-refractivity contribution in [3.8, 4) is 5.75 Å². The van der Waals surface area contributed by atoms with Crippen LogP contribution in [0.4, 0.5) is 10.1 Å². The number of para-hydroxylation sites is 2. The largest absolute Gasteiger partial charge is 0.481 e. The molecule has 4 rings (SSSR count). The number of carbonyl (C=O) groups excluding carboxylic acids is 2. The monoisotopic (exact) mass is 354 g/mol. The molecular weight excluding hydrogens is 335 g/mol. The van der Waals surface area contributed by atoms with E-state index in [1.54, 1.807) is 17.0 Å². The average Bonchev–Trinajstić information content (AvgIpc) is 2.93. The Bertz CT molecular complexity index is 860. The van der Waals surface area contributed by atoms with Crippen LogP contribution in [0, 0.1) is 5.82 Å². The molecule has 6 heteroatoms. The van der Waals surface area contributed by atoms with Gasteiger partial charge in [0.1, 0.15) is 0 Å². The maximum Gasteiger partial charge on any atom is 0.260 e. The topological polar surface area (TPSA) is 58.6 Å². The molecule has 2 aromatic rings. The summed E-state index contributed by atoms with van der Waals surface area (Å²) in [6.07, 6.45) is 1.14. The number of nitrogens with one attached hydrogen (secondary N) is 1. The van der Waals surface area contributed by atoms with Gasteiger partial charge >= 0.3 is 0 Å². The number of piperidine rings is 1. The molecule has 0 saturated carbocycles. The zero-order valence-electron chi connectivity index (χ0n) is 14.2. The first-order valence-electron chi connectivity index (χ1n) is 8.66. The van der Waals surface area contributed by atoms with Crippen molar-refractivity contribution in [1.82, 2.24) is 4.90 Å². The van der Waals surface area contributed by atoms with E-state index in [4.69, 9.17) is 4.74 Å². The van der Waals surface area contributed by atoms with Crippen LogP contribution in [-0.2, 0) is 15.0 Å². The molecule has 26 heavy (non-hydrogen) atoms. The maximum atomic E-state index is 13.6. The lowest BCUT2D eigenvalue weighted by atomic mass is 9.73. The standard InChI is InChI=1S/C20H19FN2O3/c21-15-6-2-4-8-17(15)26-13-18(24)23-11-9-20(10-12-23)14-5-1-3-7-16(14)22-19(20)25/h1-8H,9-13H2,(H,22,25). The summed E-state index contributed by atoms with van der Waals surface area (Å²) in [4.78, 5) is 26.6. The first-order valence-corrected chi connectivity index (χ1v) is 8.66. The van der Waals surface area contributed by atoms with Crippen LogP contribution in [-0.4, -0.2) is 36.4 Å². The molecule has 0 atom stereocenters. The molecular formula is C20H19FN2O3. The second-order valence-electron chi connectivity index (χ2n) is 6.68. The van der Waals surface area contributed by atoms with Crippen LogP contribution < -0.4 is 10.1 Å². The summed E-state index contributed by atoms with van der Waals surface area (Å²) in [5, 5.41) is 2.95. The number of ether oxygens (including phenoxy) is 1. The number of benzene rings is 2. The van der Waals surface area contributed by atoms with Gasteiger partial charge in [0, 0.05) is 18.8 Å². The Labute approximate surface area is 150 Å². The van der Waals surface area contributed by atoms with Gasteiger partial charge in [0.25, 0.3) is 5.91 Å². The average molecular weight is 354 g/mol. The molecule has 1 saturated heterocycles. The zero-order valence-corrected chi connectivity index (χ0v) is 14.2. The molecule has 2 aromatic carbocycles. The summed E-state index contributed by atoms with van der Waals surface area (Å²) in [5.41, 5.74) is 1.32. The van der Waals surface area contributed by atoms with E-state index in [9.17, 15) is 14.0 Å². The number of rotatable bonds is 3. The minimum atomic E-state index is -0.556. The Kier molecular flexibility index (Phi) is 4.11. The summed E-state index contributed by atoms with van der Waals surface area (Å²) in [6, 6.07) is 13.7. The van der Waals surface area contributed by atoms with E-state index in [0.29, 0.717) is 25.9 Å². The molecule has 0 bridgehead atoms. The van der Waals surface area contributed by atoms with Crippen molar-refractivity contribution in [3.05, 3.63) is 59.9 Å². The number of amides is 2. The van der Waals surface area contributed by atoms with E-state index >= 15 is 0 Å². The van der Waals surface area contributed by atoms with E-state index in [1.165, 1.54) is 12.1 Å². The number of halogens is 1. The summed E-state index contributed by atoms with van der Waals surface area (Å²) < 4.78 is 18.9. The minimum Gasteiger partial charge on any atom is -0.481 e. The fourth-order valence-corrected chi connectivity index (χ4v) is 3.80. The van der Waals surface area contributed by atoms with Crippen LogP contribution in [0.25, 0.3) is 0 Å². The SMILES string of the molecule is O=C(COc1ccccc1F)N1CCC2(CC1)C(=O)Nc1ccccc12. The zero-order chi connectivity index (χ0) is 18.1. The second kappa shape index (κ2) is 6.44. The Hall–Kier alpha value is -2.89. The van der Waals surface area contributed by atoms with E-state index < -0.39 is 11.2 Å². The third-order valence-electron chi connectivity index (χ3n) is 5.28. The highest BCUT2D eigenvalue weighted by Gasteiger charge is 2.48. The van der Waals surface area contributed by atoms with Crippen molar-refractivity contribution >= 4 is 17.5 Å². The van der Waals surface area contributed by atoms with E-state index in [2.05, 4.69) is 5.32 Å². The van der Waals surface area contributed by atoms with Crippen molar-refractivity contribution < 1.29 is 18.7 Å². The van der Waals surface area contributed by atoms with Gasteiger partial charge in [-0.05, 0) is 36.6 Å². The van der Waals surface area contributed by atoms with Gasteiger partial charge in [-0.25, -0.2) is 4.39 Å². The number of anilines is 1. The van der Waals surface area contributed by atoms with Gasteiger partial charge in [-0.15, -0.1) is 0 Å². The maximum absolute atomic E-state index is 13.6. The number of hydrogen-bond donors (Lipinski definition) is 1. The number of fused-ring (bicyclic) bond motifs is 2. The predicted molar refractivity (Wildman–Crippen MR) is 94.5 cm³/mol. The van der Waals surface area contributed by atoms with Crippen LogP contribution in [0.1, 0.15) is 18.4 Å². The van der Waals surface area contributed by atoms with E-state index in [-0.39, 0.29) is 24.2 Å². The van der Waals surface area contributed by atoms with Gasteiger partial charge in [-0.2, -0.15) is 0 Å². The molecule has 0 radical (unpaired) electrons. The molecule has 2 aliphatic rings. The Morgan fingerprint density at radius 2 is 1.81 bits per heavy atom. The second-order valence-corrected chi connectivity index (χ2v) is 6.68. The van der Waals surface area contributed by atoms with Gasteiger partial charge in [-0.1, -0.05) is 30.3 Å². The Morgan fingerprint density at radius 1 is 1.12 bits per heavy atom. The smallest absolute Gasteiger partial charge is 0.260 e. The van der Waals surface area contributed by atoms with Crippen LogP contribution in [0.15, 0.2) is 48.5 Å². The molecule has 2 aliphatic heterocycles. The molecule has 0 aliphatic carbocycles. The van der Waals surface area contributed by atoms with Gasteiger partial charge in [0.05, 0.1) is 5.41 Å². The first kappa shape index (κ1) is 16.6. The van der Waals surface area contributed by atoms with Crippen molar-refractivity contribution in [2.24, 2.45) is 0 Å².